The number of nitrogens with one attached hydrogen (secondary N) is 1. The molecule has 0 amide bonds. The van der Waals surface area contributed by atoms with Crippen molar-refractivity contribution in [1.29, 1.82) is 0 Å². The lowest BCUT2D eigenvalue weighted by Crippen LogP contribution is -2.13. The van der Waals surface area contributed by atoms with Gasteiger partial charge in [-0.15, -0.1) is 0 Å². The SMILES string of the molecule is CCCN/C(C)=C/C(=O)OC. The molecule has 0 aliphatic carbocycles. The zero-order valence-corrected chi connectivity index (χ0v) is 7.31. The Hall–Kier alpha value is -0.990. The normalized spacial score (nSPS) is 11.0. The van der Waals surface area contributed by atoms with Crippen molar-refractivity contribution in [3.05, 3.63) is 11.8 Å². The minimum atomic E-state index is -0.314. The summed E-state index contributed by atoms with van der Waals surface area (Å²) in [5, 5.41) is 3.06. The zero-order chi connectivity index (χ0) is 8.69. The molecule has 11 heavy (non-hydrogen) atoms. The van der Waals surface area contributed by atoms with Crippen molar-refractivity contribution in [1.82, 2.24) is 5.32 Å². The van der Waals surface area contributed by atoms with Crippen molar-refractivity contribution in [3.8, 4) is 0 Å². The van der Waals surface area contributed by atoms with E-state index in [0.717, 1.165) is 18.7 Å². The second-order valence-electron chi connectivity index (χ2n) is 2.28. The van der Waals surface area contributed by atoms with E-state index in [1.807, 2.05) is 6.92 Å². The van der Waals surface area contributed by atoms with Crippen LogP contribution in [0.15, 0.2) is 11.8 Å². The predicted octanol–water partition coefficient (Wildman–Crippen LogP) is 1.06. The van der Waals surface area contributed by atoms with Gasteiger partial charge in [-0.25, -0.2) is 4.79 Å². The average Bonchev–Trinajstić information content (AvgIpc) is 2.00. The Balaban J connectivity index is 3.70. The third-order valence-corrected chi connectivity index (χ3v) is 1.19. The third kappa shape index (κ3) is 5.45. The van der Waals surface area contributed by atoms with Crippen molar-refractivity contribution in [2.45, 2.75) is 20.3 Å². The van der Waals surface area contributed by atoms with Gasteiger partial charge in [0.2, 0.25) is 0 Å². The number of esters is 1. The lowest BCUT2D eigenvalue weighted by molar-refractivity contribution is -0.134. The van der Waals surface area contributed by atoms with Crippen LogP contribution in [0, 0.1) is 0 Å². The molecule has 0 heterocycles. The molecule has 0 saturated carbocycles. The fourth-order valence-electron chi connectivity index (χ4n) is 0.609. The van der Waals surface area contributed by atoms with Crippen LogP contribution < -0.4 is 5.32 Å². The van der Waals surface area contributed by atoms with E-state index >= 15 is 0 Å². The summed E-state index contributed by atoms with van der Waals surface area (Å²) in [5.74, 6) is -0.314. The van der Waals surface area contributed by atoms with Gasteiger partial charge in [0.15, 0.2) is 0 Å². The van der Waals surface area contributed by atoms with Gasteiger partial charge in [0.05, 0.1) is 7.11 Å². The standard InChI is InChI=1S/C8H15NO2/c1-4-5-9-7(2)6-8(10)11-3/h6,9H,4-5H2,1-3H3/b7-6+. The van der Waals surface area contributed by atoms with Gasteiger partial charge < -0.3 is 10.1 Å². The van der Waals surface area contributed by atoms with Crippen LogP contribution >= 0.6 is 0 Å². The molecule has 0 unspecified atom stereocenters. The smallest absolute Gasteiger partial charge is 0.332 e. The van der Waals surface area contributed by atoms with Crippen LogP contribution in [-0.2, 0) is 9.53 Å². The Bertz CT molecular complexity index is 152. The van der Waals surface area contributed by atoms with E-state index in [9.17, 15) is 4.79 Å². The van der Waals surface area contributed by atoms with Crippen LogP contribution in [0.1, 0.15) is 20.3 Å². The Kier molecular flexibility index (Phi) is 5.25. The quantitative estimate of drug-likeness (QED) is 0.490. The lowest BCUT2D eigenvalue weighted by atomic mass is 10.4. The Morgan fingerprint density at radius 1 is 1.64 bits per heavy atom. The van der Waals surface area contributed by atoms with E-state index < -0.39 is 0 Å². The van der Waals surface area contributed by atoms with E-state index in [2.05, 4.69) is 17.0 Å². The van der Waals surface area contributed by atoms with E-state index in [-0.39, 0.29) is 5.97 Å². The van der Waals surface area contributed by atoms with Crippen LogP contribution in [0.2, 0.25) is 0 Å². The maximum absolute atomic E-state index is 10.6. The van der Waals surface area contributed by atoms with Gasteiger partial charge in [-0.1, -0.05) is 6.92 Å². The number of ether oxygens (including phenoxy) is 1. The van der Waals surface area contributed by atoms with Crippen LogP contribution in [0.25, 0.3) is 0 Å². The number of carbonyl (C=O) groups excluding carboxylic acids is 1. The van der Waals surface area contributed by atoms with Gasteiger partial charge in [-0.05, 0) is 13.3 Å². The number of carbonyl (C=O) groups is 1. The summed E-state index contributed by atoms with van der Waals surface area (Å²) in [5.41, 5.74) is 0.846. The summed E-state index contributed by atoms with van der Waals surface area (Å²) in [6.07, 6.45) is 2.49. The van der Waals surface area contributed by atoms with E-state index in [4.69, 9.17) is 0 Å². The van der Waals surface area contributed by atoms with E-state index in [0.29, 0.717) is 0 Å². The number of hydrogen-bond donors (Lipinski definition) is 1. The van der Waals surface area contributed by atoms with E-state index in [1.165, 1.54) is 13.2 Å². The fraction of sp³-hybridized carbons (Fsp3) is 0.625. The summed E-state index contributed by atoms with van der Waals surface area (Å²) in [6.45, 7) is 4.80. The minimum absolute atomic E-state index is 0.314. The maximum Gasteiger partial charge on any atom is 0.332 e. The van der Waals surface area contributed by atoms with Gasteiger partial charge in [-0.2, -0.15) is 0 Å². The molecule has 0 spiro atoms. The first-order valence-corrected chi connectivity index (χ1v) is 3.70. The molecule has 0 aromatic carbocycles. The highest BCUT2D eigenvalue weighted by Crippen LogP contribution is 1.88. The topological polar surface area (TPSA) is 38.3 Å². The molecule has 0 atom stereocenters. The highest BCUT2D eigenvalue weighted by molar-refractivity contribution is 5.82. The van der Waals surface area contributed by atoms with Crippen molar-refractivity contribution < 1.29 is 9.53 Å². The number of methoxy groups -OCH3 is 1. The van der Waals surface area contributed by atoms with Crippen LogP contribution in [0.3, 0.4) is 0 Å². The molecule has 0 fully saturated rings. The molecular formula is C8H15NO2. The molecule has 64 valence electrons. The largest absolute Gasteiger partial charge is 0.466 e. The second-order valence-corrected chi connectivity index (χ2v) is 2.28. The molecule has 0 aromatic heterocycles. The van der Waals surface area contributed by atoms with Crippen LogP contribution in [0.4, 0.5) is 0 Å². The van der Waals surface area contributed by atoms with Gasteiger partial charge >= 0.3 is 5.97 Å². The van der Waals surface area contributed by atoms with Crippen molar-refractivity contribution in [2.75, 3.05) is 13.7 Å². The first-order valence-electron chi connectivity index (χ1n) is 3.70. The summed E-state index contributed by atoms with van der Waals surface area (Å²) < 4.78 is 4.45. The van der Waals surface area contributed by atoms with Gasteiger partial charge in [0.1, 0.15) is 0 Å². The molecule has 0 saturated heterocycles. The maximum atomic E-state index is 10.6. The van der Waals surface area contributed by atoms with Gasteiger partial charge in [0.25, 0.3) is 0 Å². The molecule has 0 radical (unpaired) electrons. The zero-order valence-electron chi connectivity index (χ0n) is 7.31. The molecule has 0 aliphatic heterocycles. The molecule has 0 bridgehead atoms. The summed E-state index contributed by atoms with van der Waals surface area (Å²) in [7, 11) is 1.37. The van der Waals surface area contributed by atoms with E-state index in [1.54, 1.807) is 0 Å². The molecular weight excluding hydrogens is 142 g/mol. The molecule has 0 aromatic rings. The van der Waals surface area contributed by atoms with Gasteiger partial charge in [0, 0.05) is 18.3 Å². The van der Waals surface area contributed by atoms with Crippen molar-refractivity contribution >= 4 is 5.97 Å². The monoisotopic (exact) mass is 157 g/mol. The Morgan fingerprint density at radius 3 is 2.73 bits per heavy atom. The molecule has 0 aliphatic rings. The van der Waals surface area contributed by atoms with Crippen molar-refractivity contribution in [2.24, 2.45) is 0 Å². The van der Waals surface area contributed by atoms with Crippen LogP contribution in [0.5, 0.6) is 0 Å². The second kappa shape index (κ2) is 5.77. The highest BCUT2D eigenvalue weighted by Gasteiger charge is 1.93. The third-order valence-electron chi connectivity index (χ3n) is 1.19. The Morgan fingerprint density at radius 2 is 2.27 bits per heavy atom. The number of rotatable bonds is 4. The first kappa shape index (κ1) is 10.0. The molecule has 3 nitrogen and oxygen atoms in total. The summed E-state index contributed by atoms with van der Waals surface area (Å²) in [6, 6.07) is 0. The molecule has 0 rings (SSSR count). The lowest BCUT2D eigenvalue weighted by Gasteiger charge is -2.02. The fourth-order valence-corrected chi connectivity index (χ4v) is 0.609. The highest BCUT2D eigenvalue weighted by atomic mass is 16.5. The molecule has 1 N–H and O–H groups in total. The number of hydrogen-bond acceptors (Lipinski definition) is 3. The summed E-state index contributed by atoms with van der Waals surface area (Å²) in [4.78, 5) is 10.6. The molecule has 3 heteroatoms. The predicted molar refractivity (Wildman–Crippen MR) is 44.1 cm³/mol. The summed E-state index contributed by atoms with van der Waals surface area (Å²) >= 11 is 0. The van der Waals surface area contributed by atoms with Gasteiger partial charge in [-0.3, -0.25) is 0 Å². The first-order chi connectivity index (χ1) is 5.20. The number of allylic oxidation sites excluding steroid dienone is 1. The van der Waals surface area contributed by atoms with Crippen LogP contribution in [-0.4, -0.2) is 19.6 Å². The average molecular weight is 157 g/mol. The van der Waals surface area contributed by atoms with Crippen molar-refractivity contribution in [3.63, 3.8) is 0 Å². The Labute approximate surface area is 67.4 Å². The minimum Gasteiger partial charge on any atom is -0.466 e.